The number of halogens is 2. The van der Waals surface area contributed by atoms with Crippen LogP contribution in [-0.4, -0.2) is 4.92 Å². The standard InChI is InChI=1S/C14H11BrClNO3/c15-12-6-5-11(13(7-12)17(18)19)9-20-14-4-2-1-3-10(14)8-16/h1-7H,8-9H2. The van der Waals surface area contributed by atoms with Gasteiger partial charge in [-0.2, -0.15) is 0 Å². The molecular formula is C14H11BrClNO3. The Hall–Kier alpha value is -1.59. The van der Waals surface area contributed by atoms with Gasteiger partial charge in [0.1, 0.15) is 12.4 Å². The second kappa shape index (κ2) is 6.72. The lowest BCUT2D eigenvalue weighted by Crippen LogP contribution is -2.02. The number of alkyl halides is 1. The lowest BCUT2D eigenvalue weighted by molar-refractivity contribution is -0.385. The minimum atomic E-state index is -0.420. The van der Waals surface area contributed by atoms with Gasteiger partial charge in [0.25, 0.3) is 5.69 Å². The topological polar surface area (TPSA) is 52.4 Å². The molecule has 0 fully saturated rings. The third-order valence-electron chi connectivity index (χ3n) is 2.74. The number of rotatable bonds is 5. The molecule has 0 unspecified atom stereocenters. The highest BCUT2D eigenvalue weighted by Gasteiger charge is 2.15. The fraction of sp³-hybridized carbons (Fsp3) is 0.143. The van der Waals surface area contributed by atoms with Gasteiger partial charge >= 0.3 is 0 Å². The molecule has 6 heteroatoms. The maximum absolute atomic E-state index is 11.0. The van der Waals surface area contributed by atoms with E-state index in [2.05, 4.69) is 15.9 Å². The molecule has 104 valence electrons. The molecule has 0 aliphatic heterocycles. The van der Waals surface area contributed by atoms with E-state index >= 15 is 0 Å². The van der Waals surface area contributed by atoms with Gasteiger partial charge in [0.05, 0.1) is 16.4 Å². The average molecular weight is 357 g/mol. The van der Waals surface area contributed by atoms with Crippen molar-refractivity contribution in [3.63, 3.8) is 0 Å². The second-order valence-electron chi connectivity index (χ2n) is 4.06. The summed E-state index contributed by atoms with van der Waals surface area (Å²) in [6, 6.07) is 12.2. The summed E-state index contributed by atoms with van der Waals surface area (Å²) in [5.74, 6) is 0.971. The van der Waals surface area contributed by atoms with Crippen LogP contribution in [0.15, 0.2) is 46.9 Å². The van der Waals surface area contributed by atoms with Gasteiger partial charge in [-0.25, -0.2) is 0 Å². The normalized spacial score (nSPS) is 10.3. The van der Waals surface area contributed by atoms with Gasteiger partial charge in [0, 0.05) is 16.1 Å². The number of para-hydroxylation sites is 1. The Balaban J connectivity index is 2.21. The molecule has 0 heterocycles. The van der Waals surface area contributed by atoms with Crippen LogP contribution in [0.2, 0.25) is 0 Å². The highest BCUT2D eigenvalue weighted by Crippen LogP contribution is 2.26. The van der Waals surface area contributed by atoms with Crippen molar-refractivity contribution in [1.82, 2.24) is 0 Å². The Labute approximate surface area is 129 Å². The van der Waals surface area contributed by atoms with E-state index < -0.39 is 4.92 Å². The third kappa shape index (κ3) is 3.49. The predicted molar refractivity (Wildman–Crippen MR) is 81.1 cm³/mol. The molecule has 2 aromatic carbocycles. The molecule has 0 N–H and O–H groups in total. The van der Waals surface area contributed by atoms with Crippen molar-refractivity contribution < 1.29 is 9.66 Å². The van der Waals surface area contributed by atoms with E-state index in [0.29, 0.717) is 21.7 Å². The number of nitro benzene ring substituents is 1. The number of nitrogens with zero attached hydrogens (tertiary/aromatic N) is 1. The van der Waals surface area contributed by atoms with Crippen LogP contribution in [0.3, 0.4) is 0 Å². The molecular weight excluding hydrogens is 346 g/mol. The van der Waals surface area contributed by atoms with E-state index in [9.17, 15) is 10.1 Å². The van der Waals surface area contributed by atoms with Crippen LogP contribution in [0.1, 0.15) is 11.1 Å². The van der Waals surface area contributed by atoms with Gasteiger partial charge in [-0.1, -0.05) is 34.1 Å². The summed E-state index contributed by atoms with van der Waals surface area (Å²) < 4.78 is 6.30. The number of nitro groups is 1. The summed E-state index contributed by atoms with van der Waals surface area (Å²) in [4.78, 5) is 10.6. The van der Waals surface area contributed by atoms with Crippen LogP contribution in [0, 0.1) is 10.1 Å². The highest BCUT2D eigenvalue weighted by atomic mass is 79.9. The zero-order chi connectivity index (χ0) is 14.5. The first kappa shape index (κ1) is 14.8. The van der Waals surface area contributed by atoms with E-state index in [0.717, 1.165) is 5.56 Å². The molecule has 20 heavy (non-hydrogen) atoms. The van der Waals surface area contributed by atoms with Crippen LogP contribution in [0.25, 0.3) is 0 Å². The largest absolute Gasteiger partial charge is 0.488 e. The fourth-order valence-electron chi connectivity index (χ4n) is 1.74. The Morgan fingerprint density at radius 1 is 1.20 bits per heavy atom. The SMILES string of the molecule is O=[N+]([O-])c1cc(Br)ccc1COc1ccccc1CCl. The number of ether oxygens (including phenoxy) is 1. The summed E-state index contributed by atoms with van der Waals surface area (Å²) in [5.41, 5.74) is 1.40. The molecule has 0 spiro atoms. The number of hydrogen-bond donors (Lipinski definition) is 0. The lowest BCUT2D eigenvalue weighted by Gasteiger charge is -2.10. The molecule has 0 saturated heterocycles. The quantitative estimate of drug-likeness (QED) is 0.444. The summed E-state index contributed by atoms with van der Waals surface area (Å²) in [6.07, 6.45) is 0. The first-order valence-corrected chi connectivity index (χ1v) is 7.14. The summed E-state index contributed by atoms with van der Waals surface area (Å²) in [7, 11) is 0. The maximum Gasteiger partial charge on any atom is 0.277 e. The Kier molecular flexibility index (Phi) is 4.98. The average Bonchev–Trinajstić information content (AvgIpc) is 2.46. The van der Waals surface area contributed by atoms with E-state index in [1.54, 1.807) is 18.2 Å². The van der Waals surface area contributed by atoms with Crippen LogP contribution < -0.4 is 4.74 Å². The van der Waals surface area contributed by atoms with Crippen molar-refractivity contribution in [3.05, 3.63) is 68.2 Å². The minimum absolute atomic E-state index is 0.0303. The summed E-state index contributed by atoms with van der Waals surface area (Å²) >= 11 is 9.04. The third-order valence-corrected chi connectivity index (χ3v) is 3.52. The fourth-order valence-corrected chi connectivity index (χ4v) is 2.31. The predicted octanol–water partition coefficient (Wildman–Crippen LogP) is 4.68. The lowest BCUT2D eigenvalue weighted by atomic mass is 10.2. The van der Waals surface area contributed by atoms with E-state index in [1.807, 2.05) is 18.2 Å². The zero-order valence-electron chi connectivity index (χ0n) is 10.4. The maximum atomic E-state index is 11.0. The molecule has 0 radical (unpaired) electrons. The van der Waals surface area contributed by atoms with Crippen molar-refractivity contribution >= 4 is 33.2 Å². The summed E-state index contributed by atoms with van der Waals surface area (Å²) in [6.45, 7) is 0.123. The molecule has 0 aliphatic rings. The number of benzene rings is 2. The van der Waals surface area contributed by atoms with Crippen LogP contribution >= 0.6 is 27.5 Å². The van der Waals surface area contributed by atoms with Crippen LogP contribution in [0.5, 0.6) is 5.75 Å². The first-order valence-electron chi connectivity index (χ1n) is 5.81. The molecule has 0 bridgehead atoms. The van der Waals surface area contributed by atoms with Crippen molar-refractivity contribution in [2.75, 3.05) is 0 Å². The van der Waals surface area contributed by atoms with Crippen molar-refractivity contribution in [2.24, 2.45) is 0 Å². The van der Waals surface area contributed by atoms with Gasteiger partial charge in [-0.15, -0.1) is 11.6 Å². The summed E-state index contributed by atoms with van der Waals surface area (Å²) in [5, 5.41) is 11.0. The smallest absolute Gasteiger partial charge is 0.277 e. The molecule has 4 nitrogen and oxygen atoms in total. The molecule has 0 saturated carbocycles. The number of hydrogen-bond acceptors (Lipinski definition) is 3. The molecule has 0 atom stereocenters. The molecule has 2 aromatic rings. The Morgan fingerprint density at radius 2 is 1.95 bits per heavy atom. The van der Waals surface area contributed by atoms with Crippen molar-refractivity contribution in [3.8, 4) is 5.75 Å². The molecule has 0 amide bonds. The van der Waals surface area contributed by atoms with Gasteiger partial charge in [-0.05, 0) is 18.2 Å². The Morgan fingerprint density at radius 3 is 2.65 bits per heavy atom. The van der Waals surface area contributed by atoms with E-state index in [-0.39, 0.29) is 12.3 Å². The Bertz CT molecular complexity index is 634. The molecule has 2 rings (SSSR count). The van der Waals surface area contributed by atoms with E-state index in [4.69, 9.17) is 16.3 Å². The zero-order valence-corrected chi connectivity index (χ0v) is 12.7. The molecule has 0 aromatic heterocycles. The minimum Gasteiger partial charge on any atom is -0.488 e. The van der Waals surface area contributed by atoms with E-state index in [1.165, 1.54) is 6.07 Å². The molecule has 0 aliphatic carbocycles. The van der Waals surface area contributed by atoms with Crippen LogP contribution in [-0.2, 0) is 12.5 Å². The second-order valence-corrected chi connectivity index (χ2v) is 5.24. The van der Waals surface area contributed by atoms with Crippen LogP contribution in [0.4, 0.5) is 5.69 Å². The first-order chi connectivity index (χ1) is 9.61. The van der Waals surface area contributed by atoms with Gasteiger partial charge in [0.15, 0.2) is 0 Å². The monoisotopic (exact) mass is 355 g/mol. The van der Waals surface area contributed by atoms with Crippen molar-refractivity contribution in [1.29, 1.82) is 0 Å². The van der Waals surface area contributed by atoms with Gasteiger partial charge in [0.2, 0.25) is 0 Å². The van der Waals surface area contributed by atoms with Crippen molar-refractivity contribution in [2.45, 2.75) is 12.5 Å². The highest BCUT2D eigenvalue weighted by molar-refractivity contribution is 9.10. The van der Waals surface area contributed by atoms with Gasteiger partial charge in [-0.3, -0.25) is 10.1 Å². The van der Waals surface area contributed by atoms with Gasteiger partial charge < -0.3 is 4.74 Å².